The van der Waals surface area contributed by atoms with E-state index in [0.717, 1.165) is 12.8 Å². The van der Waals surface area contributed by atoms with Crippen molar-refractivity contribution in [2.45, 2.75) is 95.8 Å². The van der Waals surface area contributed by atoms with E-state index in [4.69, 9.17) is 10.3 Å². The molecule has 2 atom stereocenters. The Kier molecular flexibility index (Phi) is 14.9. The van der Waals surface area contributed by atoms with Gasteiger partial charge in [-0.2, -0.15) is 0 Å². The number of benzene rings is 1. The predicted molar refractivity (Wildman–Crippen MR) is 127 cm³/mol. The van der Waals surface area contributed by atoms with Crippen LogP contribution in [0.1, 0.15) is 94.3 Å². The van der Waals surface area contributed by atoms with E-state index in [1.54, 1.807) is 36.4 Å². The van der Waals surface area contributed by atoms with Gasteiger partial charge in [-0.3, -0.25) is 0 Å². The zero-order valence-electron chi connectivity index (χ0n) is 19.4. The van der Waals surface area contributed by atoms with E-state index in [-0.39, 0.29) is 5.56 Å². The summed E-state index contributed by atoms with van der Waals surface area (Å²) in [4.78, 5) is 15.0. The lowest BCUT2D eigenvalue weighted by atomic mass is 10.0. The summed E-state index contributed by atoms with van der Waals surface area (Å²) < 4.78 is 5.24. The van der Waals surface area contributed by atoms with Gasteiger partial charge in [0, 0.05) is 4.91 Å². The van der Waals surface area contributed by atoms with Crippen molar-refractivity contribution in [2.75, 3.05) is 6.61 Å². The molecule has 1 aromatic rings. The van der Waals surface area contributed by atoms with Gasteiger partial charge in [-0.25, -0.2) is 4.79 Å². The van der Waals surface area contributed by atoms with Gasteiger partial charge in [0.15, 0.2) is 0 Å². The molecule has 0 aromatic heterocycles. The maximum Gasteiger partial charge on any atom is 0.340 e. The number of unbranched alkanes of at least 4 members (excludes halogenated alkanes) is 11. The van der Waals surface area contributed by atoms with Crippen molar-refractivity contribution in [2.24, 2.45) is 5.11 Å². The molecule has 0 spiro atoms. The first-order valence-electron chi connectivity index (χ1n) is 11.9. The highest BCUT2D eigenvalue weighted by Gasteiger charge is 2.38. The van der Waals surface area contributed by atoms with Crippen LogP contribution in [0.4, 0.5) is 0 Å². The van der Waals surface area contributed by atoms with Crippen LogP contribution in [0.2, 0.25) is 0 Å². The highest BCUT2D eigenvalue weighted by molar-refractivity contribution is 5.89. The Morgan fingerprint density at radius 3 is 2.16 bits per heavy atom. The average molecular weight is 446 g/mol. The highest BCUT2D eigenvalue weighted by Crippen LogP contribution is 2.22. The fourth-order valence-corrected chi connectivity index (χ4v) is 3.49. The predicted octanol–water partition coefficient (Wildman–Crippen LogP) is 6.46. The lowest BCUT2D eigenvalue weighted by Crippen LogP contribution is -2.45. The molecule has 0 heterocycles. The molecule has 0 aliphatic rings. The fourth-order valence-electron chi connectivity index (χ4n) is 3.49. The number of carbonyl (C=O) groups is 1. The second-order valence-corrected chi connectivity index (χ2v) is 8.14. The Morgan fingerprint density at radius 2 is 1.62 bits per heavy atom. The molecule has 2 N–H and O–H groups in total. The lowest BCUT2D eigenvalue weighted by Gasteiger charge is -2.29. The number of allylic oxidation sites excluding steroid dienone is 1. The van der Waals surface area contributed by atoms with Crippen molar-refractivity contribution in [3.8, 4) is 0 Å². The Balaban J connectivity index is 2.44. The van der Waals surface area contributed by atoms with Crippen LogP contribution in [0.5, 0.6) is 0 Å². The van der Waals surface area contributed by atoms with Gasteiger partial charge in [0.05, 0.1) is 12.2 Å². The van der Waals surface area contributed by atoms with Crippen LogP contribution in [0.3, 0.4) is 0 Å². The summed E-state index contributed by atoms with van der Waals surface area (Å²) in [6.07, 6.45) is 17.4. The number of carbonyl (C=O) groups excluding carboxylic acids is 1. The number of ether oxygens (including phenoxy) is 1. The maximum atomic E-state index is 12.4. The van der Waals surface area contributed by atoms with E-state index in [9.17, 15) is 15.0 Å². The van der Waals surface area contributed by atoms with Crippen LogP contribution in [0.15, 0.2) is 47.6 Å². The van der Waals surface area contributed by atoms with Gasteiger partial charge in [-0.1, -0.05) is 101 Å². The van der Waals surface area contributed by atoms with Crippen molar-refractivity contribution in [1.29, 1.82) is 0 Å². The Morgan fingerprint density at radius 1 is 1.06 bits per heavy atom. The maximum absolute atomic E-state index is 12.4. The monoisotopic (exact) mass is 445 g/mol. The van der Waals surface area contributed by atoms with Gasteiger partial charge in [0.1, 0.15) is 6.04 Å². The lowest BCUT2D eigenvalue weighted by molar-refractivity contribution is -0.148. The molecule has 32 heavy (non-hydrogen) atoms. The van der Waals surface area contributed by atoms with Crippen LogP contribution >= 0.6 is 0 Å². The molecule has 7 nitrogen and oxygen atoms in total. The molecular weight excluding hydrogens is 406 g/mol. The van der Waals surface area contributed by atoms with Crippen LogP contribution < -0.4 is 0 Å². The van der Waals surface area contributed by atoms with Crippen LogP contribution in [0, 0.1) is 0 Å². The second-order valence-electron chi connectivity index (χ2n) is 8.14. The van der Waals surface area contributed by atoms with Crippen LogP contribution in [0.25, 0.3) is 10.4 Å². The Bertz CT molecular complexity index is 704. The Hall–Kier alpha value is -2.34. The van der Waals surface area contributed by atoms with Gasteiger partial charge in [0.25, 0.3) is 0 Å². The van der Waals surface area contributed by atoms with E-state index in [1.165, 1.54) is 63.9 Å². The zero-order valence-corrected chi connectivity index (χ0v) is 19.4. The van der Waals surface area contributed by atoms with Gasteiger partial charge < -0.3 is 14.9 Å². The summed E-state index contributed by atoms with van der Waals surface area (Å²) in [7, 11) is 0. The van der Waals surface area contributed by atoms with Crippen molar-refractivity contribution < 1.29 is 19.7 Å². The topological polar surface area (TPSA) is 116 Å². The van der Waals surface area contributed by atoms with Crippen molar-refractivity contribution >= 4 is 5.97 Å². The standard InChI is InChI=1S/C25H39N3O4/c1-2-3-4-5-6-7-8-9-10-11-12-13-17-20-25(31,23(21-29)27-28-26)32-24(30)22-18-15-14-16-19-22/h14-20,23,29,31H,2-13,21H2,1H3/t23-,25+/m0/s1. The first-order valence-corrected chi connectivity index (χ1v) is 11.9. The first-order chi connectivity index (χ1) is 15.6. The third kappa shape index (κ3) is 11.3. The summed E-state index contributed by atoms with van der Waals surface area (Å²) in [6, 6.07) is 6.88. The summed E-state index contributed by atoms with van der Waals surface area (Å²) >= 11 is 0. The molecule has 178 valence electrons. The molecule has 0 aliphatic heterocycles. The molecule has 0 saturated heterocycles. The average Bonchev–Trinajstić information content (AvgIpc) is 2.81. The van der Waals surface area contributed by atoms with Gasteiger partial charge in [-0.15, -0.1) is 0 Å². The van der Waals surface area contributed by atoms with Crippen molar-refractivity contribution in [3.63, 3.8) is 0 Å². The molecule has 0 amide bonds. The minimum absolute atomic E-state index is 0.252. The molecule has 7 heteroatoms. The number of nitrogens with zero attached hydrogens (tertiary/aromatic N) is 3. The number of aliphatic hydroxyl groups excluding tert-OH is 1. The smallest absolute Gasteiger partial charge is 0.340 e. The van der Waals surface area contributed by atoms with Gasteiger partial charge in [0.2, 0.25) is 5.79 Å². The van der Waals surface area contributed by atoms with E-state index in [1.807, 2.05) is 0 Å². The van der Waals surface area contributed by atoms with E-state index < -0.39 is 24.4 Å². The second kappa shape index (κ2) is 17.2. The third-order valence-electron chi connectivity index (χ3n) is 5.44. The first kappa shape index (κ1) is 27.7. The van der Waals surface area contributed by atoms with Gasteiger partial charge in [-0.05, 0) is 36.6 Å². The number of hydrogen-bond donors (Lipinski definition) is 2. The summed E-state index contributed by atoms with van der Waals surface area (Å²) in [5.41, 5.74) is 8.99. The number of aliphatic hydroxyl groups is 2. The van der Waals surface area contributed by atoms with Crippen LogP contribution in [-0.2, 0) is 4.74 Å². The van der Waals surface area contributed by atoms with Crippen LogP contribution in [-0.4, -0.2) is 34.6 Å². The molecular formula is C25H39N3O4. The van der Waals surface area contributed by atoms with Crippen molar-refractivity contribution in [3.05, 3.63) is 58.5 Å². The van der Waals surface area contributed by atoms with E-state index >= 15 is 0 Å². The third-order valence-corrected chi connectivity index (χ3v) is 5.44. The van der Waals surface area contributed by atoms with E-state index in [0.29, 0.717) is 6.42 Å². The number of azide groups is 1. The SMILES string of the molecule is CCCCCCCCCCCCCC=C[C@@](O)(OC(=O)c1ccccc1)[C@H](CO)N=[N+]=[N-]. The molecule has 0 saturated carbocycles. The summed E-state index contributed by atoms with van der Waals surface area (Å²) in [5, 5.41) is 23.8. The zero-order chi connectivity index (χ0) is 23.5. The molecule has 0 bridgehead atoms. The minimum atomic E-state index is -2.22. The molecule has 1 rings (SSSR count). The summed E-state index contributed by atoms with van der Waals surface area (Å²) in [5.74, 6) is -2.98. The number of esters is 1. The number of hydrogen-bond acceptors (Lipinski definition) is 5. The molecule has 0 unspecified atom stereocenters. The molecule has 0 aliphatic carbocycles. The van der Waals surface area contributed by atoms with Gasteiger partial charge >= 0.3 is 5.97 Å². The van der Waals surface area contributed by atoms with E-state index in [2.05, 4.69) is 16.9 Å². The number of rotatable bonds is 18. The highest BCUT2D eigenvalue weighted by atomic mass is 16.7. The summed E-state index contributed by atoms with van der Waals surface area (Å²) in [6.45, 7) is 1.57. The molecule has 0 radical (unpaired) electrons. The Labute approximate surface area is 192 Å². The molecule has 1 aromatic carbocycles. The van der Waals surface area contributed by atoms with Crippen molar-refractivity contribution in [1.82, 2.24) is 0 Å². The quantitative estimate of drug-likeness (QED) is 0.0513. The molecule has 0 fully saturated rings. The fraction of sp³-hybridized carbons (Fsp3) is 0.640. The normalized spacial score (nSPS) is 14.0. The minimum Gasteiger partial charge on any atom is -0.425 e. The largest absolute Gasteiger partial charge is 0.425 e.